The minimum absolute atomic E-state index is 0.0416. The van der Waals surface area contributed by atoms with Gasteiger partial charge in [-0.05, 0) is 50.8 Å². The molecule has 10 heteroatoms. The molecular weight excluding hydrogens is 409 g/mol. The van der Waals surface area contributed by atoms with Gasteiger partial charge in [-0.25, -0.2) is 9.78 Å². The second-order valence-corrected chi connectivity index (χ2v) is 7.96. The standard InChI is InChI=1S/C21H27F3N6O/c1-13-12-25-19(29-18(13)30(2)3)26-15-7-9-16(10-8-15)27-20(31)28-17-6-4-5-14(11-17)21(22,23)24/h4-6,11-12,15-16H,7-10H2,1-3H3,(H,25,26,29)(H2,27,28,31)/t15-,16+. The van der Waals surface area contributed by atoms with Crippen LogP contribution in [0.5, 0.6) is 0 Å². The number of nitrogens with one attached hydrogen (secondary N) is 3. The molecule has 1 fully saturated rings. The minimum atomic E-state index is -4.45. The highest BCUT2D eigenvalue weighted by molar-refractivity contribution is 5.89. The number of rotatable bonds is 5. The highest BCUT2D eigenvalue weighted by Crippen LogP contribution is 2.30. The number of alkyl halides is 3. The van der Waals surface area contributed by atoms with E-state index in [0.29, 0.717) is 5.95 Å². The average Bonchev–Trinajstić information content (AvgIpc) is 2.70. The molecule has 3 N–H and O–H groups in total. The van der Waals surface area contributed by atoms with Gasteiger partial charge in [0.05, 0.1) is 5.56 Å². The van der Waals surface area contributed by atoms with Gasteiger partial charge in [-0.3, -0.25) is 0 Å². The van der Waals surface area contributed by atoms with Crippen molar-refractivity contribution in [2.75, 3.05) is 29.6 Å². The summed E-state index contributed by atoms with van der Waals surface area (Å²) in [5, 5.41) is 8.68. The van der Waals surface area contributed by atoms with E-state index in [1.165, 1.54) is 12.1 Å². The number of nitrogens with zero attached hydrogens (tertiary/aromatic N) is 3. The molecule has 3 rings (SSSR count). The van der Waals surface area contributed by atoms with E-state index in [-0.39, 0.29) is 17.8 Å². The van der Waals surface area contributed by atoms with Crippen molar-refractivity contribution in [3.63, 3.8) is 0 Å². The molecule has 0 bridgehead atoms. The van der Waals surface area contributed by atoms with Crippen LogP contribution in [0.3, 0.4) is 0 Å². The van der Waals surface area contributed by atoms with Gasteiger partial charge >= 0.3 is 12.2 Å². The highest BCUT2D eigenvalue weighted by atomic mass is 19.4. The van der Waals surface area contributed by atoms with Gasteiger partial charge in [-0.15, -0.1) is 0 Å². The van der Waals surface area contributed by atoms with Crippen LogP contribution in [0, 0.1) is 6.92 Å². The molecule has 1 aromatic heterocycles. The van der Waals surface area contributed by atoms with Crippen LogP contribution < -0.4 is 20.9 Å². The first-order chi connectivity index (χ1) is 14.6. The van der Waals surface area contributed by atoms with Crippen molar-refractivity contribution in [1.82, 2.24) is 15.3 Å². The first-order valence-electron chi connectivity index (χ1n) is 10.1. The van der Waals surface area contributed by atoms with Crippen molar-refractivity contribution in [3.05, 3.63) is 41.6 Å². The number of aryl methyl sites for hydroxylation is 1. The summed E-state index contributed by atoms with van der Waals surface area (Å²) < 4.78 is 38.4. The minimum Gasteiger partial charge on any atom is -0.362 e. The lowest BCUT2D eigenvalue weighted by atomic mass is 9.91. The van der Waals surface area contributed by atoms with Crippen LogP contribution in [0.2, 0.25) is 0 Å². The number of halogens is 3. The number of aromatic nitrogens is 2. The molecule has 1 aliphatic rings. The maximum atomic E-state index is 12.8. The van der Waals surface area contributed by atoms with E-state index in [9.17, 15) is 18.0 Å². The number of urea groups is 1. The quantitative estimate of drug-likeness (QED) is 0.647. The lowest BCUT2D eigenvalue weighted by molar-refractivity contribution is -0.137. The van der Waals surface area contributed by atoms with Gasteiger partial charge < -0.3 is 20.9 Å². The predicted octanol–water partition coefficient (Wildman–Crippen LogP) is 4.41. The summed E-state index contributed by atoms with van der Waals surface area (Å²) in [6.07, 6.45) is 0.482. The molecular formula is C21H27F3N6O. The van der Waals surface area contributed by atoms with Gasteiger partial charge in [0, 0.05) is 43.6 Å². The average molecular weight is 436 g/mol. The molecule has 1 aliphatic carbocycles. The molecule has 0 radical (unpaired) electrons. The number of carbonyl (C=O) groups excluding carboxylic acids is 1. The fourth-order valence-electron chi connectivity index (χ4n) is 3.65. The Morgan fingerprint density at radius 3 is 2.45 bits per heavy atom. The monoisotopic (exact) mass is 436 g/mol. The fourth-order valence-corrected chi connectivity index (χ4v) is 3.65. The van der Waals surface area contributed by atoms with Crippen molar-refractivity contribution in [3.8, 4) is 0 Å². The molecule has 31 heavy (non-hydrogen) atoms. The van der Waals surface area contributed by atoms with Crippen LogP contribution in [0.15, 0.2) is 30.5 Å². The van der Waals surface area contributed by atoms with Gasteiger partial charge in [-0.2, -0.15) is 18.2 Å². The Balaban J connectivity index is 1.48. The first-order valence-corrected chi connectivity index (χ1v) is 10.1. The second kappa shape index (κ2) is 9.40. The number of anilines is 3. The van der Waals surface area contributed by atoms with Crippen molar-refractivity contribution < 1.29 is 18.0 Å². The summed E-state index contributed by atoms with van der Waals surface area (Å²) in [6.45, 7) is 1.96. The molecule has 1 saturated carbocycles. The Kier molecular flexibility index (Phi) is 6.87. The molecule has 0 unspecified atom stereocenters. The van der Waals surface area contributed by atoms with E-state index < -0.39 is 17.8 Å². The van der Waals surface area contributed by atoms with E-state index in [2.05, 4.69) is 25.9 Å². The lowest BCUT2D eigenvalue weighted by Crippen LogP contribution is -2.42. The highest BCUT2D eigenvalue weighted by Gasteiger charge is 2.30. The third-order valence-corrected chi connectivity index (χ3v) is 5.21. The van der Waals surface area contributed by atoms with Gasteiger partial charge in [0.25, 0.3) is 0 Å². The number of amides is 2. The van der Waals surface area contributed by atoms with Crippen molar-refractivity contribution in [2.45, 2.75) is 50.9 Å². The number of carbonyl (C=O) groups is 1. The summed E-state index contributed by atoms with van der Waals surface area (Å²) in [5.41, 5.74) is 0.304. The third-order valence-electron chi connectivity index (χ3n) is 5.21. The van der Waals surface area contributed by atoms with Crippen LogP contribution in [-0.2, 0) is 6.18 Å². The Labute approximate surface area is 179 Å². The SMILES string of the molecule is Cc1cnc(N[C@H]2CC[C@@H](NC(=O)Nc3cccc(C(F)(F)F)c3)CC2)nc1N(C)C. The molecule has 0 atom stereocenters. The Morgan fingerprint density at radius 2 is 1.81 bits per heavy atom. The summed E-state index contributed by atoms with van der Waals surface area (Å²) in [5.74, 6) is 1.44. The molecule has 0 spiro atoms. The fraction of sp³-hybridized carbons (Fsp3) is 0.476. The Hall–Kier alpha value is -3.04. The van der Waals surface area contributed by atoms with E-state index in [0.717, 1.165) is 49.2 Å². The van der Waals surface area contributed by atoms with E-state index in [1.54, 1.807) is 6.20 Å². The number of benzene rings is 1. The lowest BCUT2D eigenvalue weighted by Gasteiger charge is -2.30. The maximum absolute atomic E-state index is 12.8. The van der Waals surface area contributed by atoms with Crippen LogP contribution >= 0.6 is 0 Å². The van der Waals surface area contributed by atoms with E-state index >= 15 is 0 Å². The molecule has 0 saturated heterocycles. The second-order valence-electron chi connectivity index (χ2n) is 7.96. The largest absolute Gasteiger partial charge is 0.416 e. The summed E-state index contributed by atoms with van der Waals surface area (Å²) in [6, 6.07) is 4.24. The smallest absolute Gasteiger partial charge is 0.362 e. The van der Waals surface area contributed by atoms with Crippen molar-refractivity contribution in [1.29, 1.82) is 0 Å². The van der Waals surface area contributed by atoms with Crippen LogP contribution in [0.25, 0.3) is 0 Å². The van der Waals surface area contributed by atoms with E-state index in [4.69, 9.17) is 0 Å². The van der Waals surface area contributed by atoms with E-state index in [1.807, 2.05) is 25.9 Å². The van der Waals surface area contributed by atoms with Gasteiger partial charge in [-0.1, -0.05) is 6.07 Å². The molecule has 2 amide bonds. The summed E-state index contributed by atoms with van der Waals surface area (Å²) in [4.78, 5) is 23.0. The van der Waals surface area contributed by atoms with Gasteiger partial charge in [0.2, 0.25) is 5.95 Å². The summed E-state index contributed by atoms with van der Waals surface area (Å²) >= 11 is 0. The van der Waals surface area contributed by atoms with Crippen molar-refractivity contribution in [2.24, 2.45) is 0 Å². The summed E-state index contributed by atoms with van der Waals surface area (Å²) in [7, 11) is 3.86. The Morgan fingerprint density at radius 1 is 1.13 bits per heavy atom. The zero-order valence-corrected chi connectivity index (χ0v) is 17.8. The van der Waals surface area contributed by atoms with Crippen molar-refractivity contribution >= 4 is 23.5 Å². The van der Waals surface area contributed by atoms with Crippen LogP contribution in [0.1, 0.15) is 36.8 Å². The number of hydrogen-bond donors (Lipinski definition) is 3. The molecule has 168 valence electrons. The zero-order valence-electron chi connectivity index (χ0n) is 17.8. The first kappa shape index (κ1) is 22.6. The topological polar surface area (TPSA) is 82.2 Å². The van der Waals surface area contributed by atoms with Crippen LogP contribution in [-0.4, -0.2) is 42.2 Å². The Bertz CT molecular complexity index is 910. The third kappa shape index (κ3) is 6.22. The molecule has 0 aliphatic heterocycles. The van der Waals surface area contributed by atoms with Crippen LogP contribution in [0.4, 0.5) is 35.4 Å². The number of hydrogen-bond acceptors (Lipinski definition) is 5. The maximum Gasteiger partial charge on any atom is 0.416 e. The molecule has 2 aromatic rings. The molecule has 1 heterocycles. The predicted molar refractivity (Wildman–Crippen MR) is 114 cm³/mol. The zero-order chi connectivity index (χ0) is 22.6. The van der Waals surface area contributed by atoms with Gasteiger partial charge in [0.1, 0.15) is 5.82 Å². The van der Waals surface area contributed by atoms with Gasteiger partial charge in [0.15, 0.2) is 0 Å². The normalized spacial score (nSPS) is 18.9. The molecule has 7 nitrogen and oxygen atoms in total. The molecule has 1 aromatic carbocycles.